The van der Waals surface area contributed by atoms with Gasteiger partial charge in [0.2, 0.25) is 0 Å². The highest BCUT2D eigenvalue weighted by Gasteiger charge is 2.14. The number of anilines is 1. The average Bonchev–Trinajstić information content (AvgIpc) is 2.55. The highest BCUT2D eigenvalue weighted by atomic mass is 32.2. The smallest absolute Gasteiger partial charge is 0.261 e. The lowest BCUT2D eigenvalue weighted by molar-refractivity contribution is 0.601. The van der Waals surface area contributed by atoms with E-state index in [0.29, 0.717) is 5.69 Å². The molecule has 0 amide bonds. The molecule has 0 heterocycles. The summed E-state index contributed by atoms with van der Waals surface area (Å²) in [4.78, 5) is 0.249. The minimum Gasteiger partial charge on any atom is -0.280 e. The summed E-state index contributed by atoms with van der Waals surface area (Å²) in [7, 11) is -3.58. The molecule has 3 rings (SSSR count). The van der Waals surface area contributed by atoms with Crippen LogP contribution >= 0.6 is 0 Å². The molecule has 0 aromatic heterocycles. The number of aryl methyl sites for hydroxylation is 1. The molecule has 0 saturated carbocycles. The lowest BCUT2D eigenvalue weighted by Crippen LogP contribution is -2.12. The van der Waals surface area contributed by atoms with E-state index in [1.807, 2.05) is 61.5 Å². The van der Waals surface area contributed by atoms with Crippen LogP contribution in [0.15, 0.2) is 83.8 Å². The maximum absolute atomic E-state index is 12.4. The lowest BCUT2D eigenvalue weighted by Gasteiger charge is -2.09. The summed E-state index contributed by atoms with van der Waals surface area (Å²) in [6.07, 6.45) is 0. The first-order valence-corrected chi connectivity index (χ1v) is 8.78. The zero-order valence-corrected chi connectivity index (χ0v) is 13.5. The number of benzene rings is 3. The van der Waals surface area contributed by atoms with Gasteiger partial charge in [-0.1, -0.05) is 54.6 Å². The van der Waals surface area contributed by atoms with Crippen molar-refractivity contribution >= 4 is 15.7 Å². The van der Waals surface area contributed by atoms with Crippen LogP contribution in [0.2, 0.25) is 0 Å². The Bertz CT molecular complexity index is 902. The summed E-state index contributed by atoms with van der Waals surface area (Å²) < 4.78 is 27.5. The number of sulfonamides is 1. The van der Waals surface area contributed by atoms with Crippen LogP contribution in [0.4, 0.5) is 5.69 Å². The molecular formula is C19H17NO2S. The van der Waals surface area contributed by atoms with Gasteiger partial charge in [-0.05, 0) is 47.9 Å². The highest BCUT2D eigenvalue weighted by Crippen LogP contribution is 2.22. The Balaban J connectivity index is 1.86. The molecule has 0 aliphatic carbocycles. The summed E-state index contributed by atoms with van der Waals surface area (Å²) in [5.41, 5.74) is 3.62. The Labute approximate surface area is 136 Å². The fourth-order valence-corrected chi connectivity index (χ4v) is 3.43. The molecule has 3 nitrogen and oxygen atoms in total. The van der Waals surface area contributed by atoms with Crippen molar-refractivity contribution in [1.82, 2.24) is 0 Å². The molecule has 116 valence electrons. The van der Waals surface area contributed by atoms with Crippen molar-refractivity contribution in [3.63, 3.8) is 0 Å². The quantitative estimate of drug-likeness (QED) is 0.770. The molecule has 0 unspecified atom stereocenters. The van der Waals surface area contributed by atoms with E-state index in [1.54, 1.807) is 24.3 Å². The SMILES string of the molecule is Cc1cccc(NS(=O)(=O)c2ccc(-c3ccccc3)cc2)c1. The van der Waals surface area contributed by atoms with Crippen molar-refractivity contribution in [2.45, 2.75) is 11.8 Å². The van der Waals surface area contributed by atoms with Crippen LogP contribution in [0.1, 0.15) is 5.56 Å². The predicted octanol–water partition coefficient (Wildman–Crippen LogP) is 4.46. The van der Waals surface area contributed by atoms with Crippen LogP contribution in [0.5, 0.6) is 0 Å². The van der Waals surface area contributed by atoms with Gasteiger partial charge in [0.1, 0.15) is 0 Å². The monoisotopic (exact) mass is 323 g/mol. The first-order valence-electron chi connectivity index (χ1n) is 7.29. The summed E-state index contributed by atoms with van der Waals surface area (Å²) in [5, 5.41) is 0. The molecule has 0 bridgehead atoms. The first-order chi connectivity index (χ1) is 11.0. The van der Waals surface area contributed by atoms with Crippen LogP contribution in [0.25, 0.3) is 11.1 Å². The third-order valence-electron chi connectivity index (χ3n) is 3.54. The van der Waals surface area contributed by atoms with E-state index >= 15 is 0 Å². The maximum Gasteiger partial charge on any atom is 0.261 e. The molecule has 0 radical (unpaired) electrons. The zero-order valence-electron chi connectivity index (χ0n) is 12.7. The normalized spacial score (nSPS) is 11.2. The van der Waals surface area contributed by atoms with Gasteiger partial charge >= 0.3 is 0 Å². The molecule has 0 aliphatic rings. The van der Waals surface area contributed by atoms with E-state index in [9.17, 15) is 8.42 Å². The minimum atomic E-state index is -3.58. The van der Waals surface area contributed by atoms with Gasteiger partial charge in [0.05, 0.1) is 4.90 Å². The third-order valence-corrected chi connectivity index (χ3v) is 4.94. The van der Waals surface area contributed by atoms with Gasteiger partial charge in [-0.3, -0.25) is 4.72 Å². The van der Waals surface area contributed by atoms with Crippen LogP contribution in [-0.2, 0) is 10.0 Å². The van der Waals surface area contributed by atoms with E-state index in [4.69, 9.17) is 0 Å². The number of hydrogen-bond donors (Lipinski definition) is 1. The summed E-state index contributed by atoms with van der Waals surface area (Å²) in [5.74, 6) is 0. The fraction of sp³-hybridized carbons (Fsp3) is 0.0526. The molecule has 1 N–H and O–H groups in total. The average molecular weight is 323 g/mol. The Morgan fingerprint density at radius 1 is 0.739 bits per heavy atom. The van der Waals surface area contributed by atoms with Gasteiger partial charge in [0.25, 0.3) is 10.0 Å². The van der Waals surface area contributed by atoms with Gasteiger partial charge in [0.15, 0.2) is 0 Å². The van der Waals surface area contributed by atoms with Crippen LogP contribution in [0.3, 0.4) is 0 Å². The van der Waals surface area contributed by atoms with Gasteiger partial charge < -0.3 is 0 Å². The van der Waals surface area contributed by atoms with Gasteiger partial charge in [-0.2, -0.15) is 0 Å². The van der Waals surface area contributed by atoms with Crippen LogP contribution in [0, 0.1) is 6.92 Å². The van der Waals surface area contributed by atoms with Crippen molar-refractivity contribution in [2.24, 2.45) is 0 Å². The van der Waals surface area contributed by atoms with Crippen LogP contribution in [-0.4, -0.2) is 8.42 Å². The Morgan fingerprint density at radius 3 is 2.04 bits per heavy atom. The van der Waals surface area contributed by atoms with Gasteiger partial charge in [-0.15, -0.1) is 0 Å². The third kappa shape index (κ3) is 3.60. The molecule has 0 saturated heterocycles. The number of nitrogens with one attached hydrogen (secondary N) is 1. The second-order valence-corrected chi connectivity index (χ2v) is 7.05. The largest absolute Gasteiger partial charge is 0.280 e. The molecule has 3 aromatic rings. The standard InChI is InChI=1S/C19H17NO2S/c1-15-6-5-9-18(14-15)20-23(21,22)19-12-10-17(11-13-19)16-7-3-2-4-8-16/h2-14,20H,1H3. The van der Waals surface area contributed by atoms with Crippen molar-refractivity contribution in [2.75, 3.05) is 4.72 Å². The second kappa shape index (κ2) is 6.26. The summed E-state index contributed by atoms with van der Waals surface area (Å²) in [6, 6.07) is 24.0. The Morgan fingerprint density at radius 2 is 1.39 bits per heavy atom. The molecule has 3 aromatic carbocycles. The fourth-order valence-electron chi connectivity index (χ4n) is 2.38. The Hall–Kier alpha value is -2.59. The van der Waals surface area contributed by atoms with Gasteiger partial charge in [-0.25, -0.2) is 8.42 Å². The second-order valence-electron chi connectivity index (χ2n) is 5.37. The summed E-state index contributed by atoms with van der Waals surface area (Å²) in [6.45, 7) is 1.92. The van der Waals surface area contributed by atoms with Crippen molar-refractivity contribution in [3.05, 3.63) is 84.4 Å². The van der Waals surface area contributed by atoms with E-state index in [0.717, 1.165) is 16.7 Å². The topological polar surface area (TPSA) is 46.2 Å². The number of rotatable bonds is 4. The van der Waals surface area contributed by atoms with E-state index < -0.39 is 10.0 Å². The molecule has 0 atom stereocenters. The highest BCUT2D eigenvalue weighted by molar-refractivity contribution is 7.92. The van der Waals surface area contributed by atoms with Crippen LogP contribution < -0.4 is 4.72 Å². The molecule has 23 heavy (non-hydrogen) atoms. The van der Waals surface area contributed by atoms with Crippen molar-refractivity contribution in [1.29, 1.82) is 0 Å². The van der Waals surface area contributed by atoms with E-state index in [2.05, 4.69) is 4.72 Å². The minimum absolute atomic E-state index is 0.249. The maximum atomic E-state index is 12.4. The van der Waals surface area contributed by atoms with E-state index in [1.165, 1.54) is 0 Å². The molecular weight excluding hydrogens is 306 g/mol. The molecule has 0 fully saturated rings. The number of hydrogen-bond acceptors (Lipinski definition) is 2. The van der Waals surface area contributed by atoms with Gasteiger partial charge in [0, 0.05) is 5.69 Å². The molecule has 0 spiro atoms. The predicted molar refractivity (Wildman–Crippen MR) is 93.9 cm³/mol. The molecule has 4 heteroatoms. The van der Waals surface area contributed by atoms with E-state index in [-0.39, 0.29) is 4.90 Å². The van der Waals surface area contributed by atoms with Crippen molar-refractivity contribution in [3.8, 4) is 11.1 Å². The zero-order chi connectivity index (χ0) is 16.3. The van der Waals surface area contributed by atoms with Crippen molar-refractivity contribution < 1.29 is 8.42 Å². The molecule has 0 aliphatic heterocycles. The summed E-state index contributed by atoms with van der Waals surface area (Å²) >= 11 is 0. The Kier molecular flexibility index (Phi) is 4.17. The lowest BCUT2D eigenvalue weighted by atomic mass is 10.1. The first kappa shape index (κ1) is 15.3.